The molecule has 22 heavy (non-hydrogen) atoms. The number of aliphatic hydroxyl groups is 5. The maximum Gasteiger partial charge on any atom is 0.251 e. The van der Waals surface area contributed by atoms with Gasteiger partial charge in [-0.05, 0) is 25.7 Å². The number of amides is 2. The number of unbranched alkanes of at least 4 members (excludes halogenated alkanes) is 1. The van der Waals surface area contributed by atoms with E-state index >= 15 is 0 Å². The standard InChI is InChI=1S/C13H26N2O7/c16-6-4-10(19)11(20)12(21)13(22)15-7-9(18)3-1-2-5-14-8-17/h8-12,16,18-21H,1-7H2,(H,14,17)(H,15,22). The highest BCUT2D eigenvalue weighted by Gasteiger charge is 2.29. The molecular formula is C13H26N2O7. The van der Waals surface area contributed by atoms with Crippen LogP contribution in [-0.2, 0) is 9.59 Å². The highest BCUT2D eigenvalue weighted by Crippen LogP contribution is 2.05. The van der Waals surface area contributed by atoms with Crippen LogP contribution in [0.3, 0.4) is 0 Å². The van der Waals surface area contributed by atoms with Gasteiger partial charge in [-0.15, -0.1) is 0 Å². The van der Waals surface area contributed by atoms with Gasteiger partial charge in [-0.25, -0.2) is 0 Å². The summed E-state index contributed by atoms with van der Waals surface area (Å²) in [6.07, 6.45) is -3.60. The fourth-order valence-electron chi connectivity index (χ4n) is 1.76. The zero-order valence-electron chi connectivity index (χ0n) is 12.4. The Morgan fingerprint density at radius 2 is 1.77 bits per heavy atom. The molecule has 2 amide bonds. The highest BCUT2D eigenvalue weighted by atomic mass is 16.4. The Hall–Kier alpha value is -1.26. The van der Waals surface area contributed by atoms with E-state index in [-0.39, 0.29) is 19.6 Å². The molecule has 0 fully saturated rings. The summed E-state index contributed by atoms with van der Waals surface area (Å²) < 4.78 is 0. The van der Waals surface area contributed by atoms with Crippen molar-refractivity contribution in [1.29, 1.82) is 0 Å². The highest BCUT2D eigenvalue weighted by molar-refractivity contribution is 5.81. The van der Waals surface area contributed by atoms with Crippen molar-refractivity contribution in [3.63, 3.8) is 0 Å². The molecule has 0 saturated carbocycles. The third-order valence-electron chi connectivity index (χ3n) is 3.11. The summed E-state index contributed by atoms with van der Waals surface area (Å²) in [5.41, 5.74) is 0. The predicted octanol–water partition coefficient (Wildman–Crippen LogP) is -3.16. The molecule has 0 aliphatic rings. The van der Waals surface area contributed by atoms with E-state index in [4.69, 9.17) is 5.11 Å². The van der Waals surface area contributed by atoms with E-state index in [9.17, 15) is 30.0 Å². The Morgan fingerprint density at radius 3 is 2.36 bits per heavy atom. The van der Waals surface area contributed by atoms with Gasteiger partial charge in [0.1, 0.15) is 6.10 Å². The lowest BCUT2D eigenvalue weighted by molar-refractivity contribution is -0.141. The molecule has 0 aromatic rings. The van der Waals surface area contributed by atoms with Crippen LogP contribution < -0.4 is 10.6 Å². The van der Waals surface area contributed by atoms with Crippen molar-refractivity contribution >= 4 is 12.3 Å². The van der Waals surface area contributed by atoms with Crippen LogP contribution >= 0.6 is 0 Å². The summed E-state index contributed by atoms with van der Waals surface area (Å²) >= 11 is 0. The molecule has 0 aliphatic carbocycles. The van der Waals surface area contributed by atoms with Crippen molar-refractivity contribution in [3.8, 4) is 0 Å². The van der Waals surface area contributed by atoms with Crippen molar-refractivity contribution < 1.29 is 35.1 Å². The van der Waals surface area contributed by atoms with E-state index in [1.54, 1.807) is 0 Å². The maximum absolute atomic E-state index is 11.6. The first-order chi connectivity index (χ1) is 10.4. The molecule has 0 rings (SSSR count). The van der Waals surface area contributed by atoms with Gasteiger partial charge in [0.05, 0.1) is 12.2 Å². The van der Waals surface area contributed by atoms with Gasteiger partial charge in [-0.1, -0.05) is 0 Å². The molecule has 0 aromatic carbocycles. The molecule has 4 atom stereocenters. The molecule has 0 aliphatic heterocycles. The van der Waals surface area contributed by atoms with Crippen molar-refractivity contribution in [3.05, 3.63) is 0 Å². The minimum atomic E-state index is -1.84. The van der Waals surface area contributed by atoms with E-state index in [1.807, 2.05) is 0 Å². The lowest BCUT2D eigenvalue weighted by Crippen LogP contribution is -2.48. The molecule has 9 nitrogen and oxygen atoms in total. The van der Waals surface area contributed by atoms with Crippen molar-refractivity contribution in [2.45, 2.75) is 50.1 Å². The van der Waals surface area contributed by atoms with Crippen molar-refractivity contribution in [2.24, 2.45) is 0 Å². The summed E-state index contributed by atoms with van der Waals surface area (Å²) in [5, 5.41) is 51.4. The van der Waals surface area contributed by atoms with Crippen LogP contribution in [0.25, 0.3) is 0 Å². The Kier molecular flexibility index (Phi) is 11.6. The monoisotopic (exact) mass is 322 g/mol. The minimum absolute atomic E-state index is 0.0974. The molecule has 0 aromatic heterocycles. The smallest absolute Gasteiger partial charge is 0.251 e. The second-order valence-electron chi connectivity index (χ2n) is 4.98. The summed E-state index contributed by atoms with van der Waals surface area (Å²) in [4.78, 5) is 21.6. The van der Waals surface area contributed by atoms with Crippen molar-refractivity contribution in [1.82, 2.24) is 10.6 Å². The van der Waals surface area contributed by atoms with Crippen LogP contribution in [0.15, 0.2) is 0 Å². The summed E-state index contributed by atoms with van der Waals surface area (Å²) in [6.45, 7) is 0.0281. The molecule has 7 N–H and O–H groups in total. The largest absolute Gasteiger partial charge is 0.396 e. The van der Waals surface area contributed by atoms with E-state index in [0.717, 1.165) is 0 Å². The first-order valence-corrected chi connectivity index (χ1v) is 7.21. The first-order valence-electron chi connectivity index (χ1n) is 7.21. The van der Waals surface area contributed by atoms with Gasteiger partial charge in [0.25, 0.3) is 5.91 Å². The van der Waals surface area contributed by atoms with Gasteiger partial charge >= 0.3 is 0 Å². The van der Waals surface area contributed by atoms with Crippen LogP contribution in [0.2, 0.25) is 0 Å². The number of hydrogen-bond acceptors (Lipinski definition) is 7. The fraction of sp³-hybridized carbons (Fsp3) is 0.846. The van der Waals surface area contributed by atoms with Gasteiger partial charge in [-0.2, -0.15) is 0 Å². The second kappa shape index (κ2) is 12.3. The van der Waals surface area contributed by atoms with E-state index in [0.29, 0.717) is 32.2 Å². The molecule has 0 saturated heterocycles. The predicted molar refractivity (Wildman–Crippen MR) is 76.7 cm³/mol. The van der Waals surface area contributed by atoms with Gasteiger partial charge in [0, 0.05) is 19.7 Å². The van der Waals surface area contributed by atoms with Crippen LogP contribution in [0, 0.1) is 0 Å². The van der Waals surface area contributed by atoms with Crippen LogP contribution in [0.1, 0.15) is 25.7 Å². The van der Waals surface area contributed by atoms with E-state index in [2.05, 4.69) is 10.6 Å². The minimum Gasteiger partial charge on any atom is -0.396 e. The molecule has 4 unspecified atom stereocenters. The number of rotatable bonds is 13. The number of hydrogen-bond donors (Lipinski definition) is 7. The molecule has 0 spiro atoms. The average molecular weight is 322 g/mol. The van der Waals surface area contributed by atoms with Crippen molar-refractivity contribution in [2.75, 3.05) is 19.7 Å². The lowest BCUT2D eigenvalue weighted by Gasteiger charge is -2.22. The number of aliphatic hydroxyl groups excluding tert-OH is 5. The van der Waals surface area contributed by atoms with E-state index in [1.165, 1.54) is 0 Å². The second-order valence-corrected chi connectivity index (χ2v) is 4.98. The fourth-order valence-corrected chi connectivity index (χ4v) is 1.76. The third kappa shape index (κ3) is 8.90. The summed E-state index contributed by atoms with van der Waals surface area (Å²) in [6, 6.07) is 0. The van der Waals surface area contributed by atoms with Gasteiger partial charge in [-0.3, -0.25) is 9.59 Å². The SMILES string of the molecule is O=CNCCCCC(O)CNC(=O)C(O)C(O)C(O)CCO. The topological polar surface area (TPSA) is 159 Å². The molecule has 0 radical (unpaired) electrons. The van der Waals surface area contributed by atoms with Crippen LogP contribution in [0.4, 0.5) is 0 Å². The van der Waals surface area contributed by atoms with Gasteiger partial charge < -0.3 is 36.2 Å². The lowest BCUT2D eigenvalue weighted by atomic mass is 10.0. The number of carbonyl (C=O) groups is 2. The quantitative estimate of drug-likeness (QED) is 0.139. The summed E-state index contributed by atoms with van der Waals surface area (Å²) in [5.74, 6) is -0.911. The number of nitrogens with one attached hydrogen (secondary N) is 2. The Morgan fingerprint density at radius 1 is 1.09 bits per heavy atom. The zero-order valence-corrected chi connectivity index (χ0v) is 12.4. The Balaban J connectivity index is 3.92. The third-order valence-corrected chi connectivity index (χ3v) is 3.11. The molecule has 0 heterocycles. The van der Waals surface area contributed by atoms with Crippen LogP contribution in [-0.4, -0.2) is 82.0 Å². The first kappa shape index (κ1) is 20.7. The molecule has 9 heteroatoms. The van der Waals surface area contributed by atoms with Crippen LogP contribution in [0.5, 0.6) is 0 Å². The molecular weight excluding hydrogens is 296 g/mol. The zero-order chi connectivity index (χ0) is 17.0. The maximum atomic E-state index is 11.6. The Labute approximate surface area is 129 Å². The Bertz CT molecular complexity index is 317. The molecule has 0 bridgehead atoms. The van der Waals surface area contributed by atoms with E-state index < -0.39 is 30.3 Å². The van der Waals surface area contributed by atoms with Gasteiger partial charge in [0.2, 0.25) is 6.41 Å². The average Bonchev–Trinajstić information content (AvgIpc) is 2.51. The van der Waals surface area contributed by atoms with Gasteiger partial charge in [0.15, 0.2) is 6.10 Å². The summed E-state index contributed by atoms with van der Waals surface area (Å²) in [7, 11) is 0. The number of carbonyl (C=O) groups excluding carboxylic acids is 2. The molecule has 130 valence electrons. The normalized spacial score (nSPS) is 16.4.